The molecule has 0 amide bonds. The highest BCUT2D eigenvalue weighted by atomic mass is 35.5. The molecular formula is C15H20ClN3O2S2. The lowest BCUT2D eigenvalue weighted by Gasteiger charge is -2.22. The van der Waals surface area contributed by atoms with Gasteiger partial charge in [0.1, 0.15) is 10.0 Å². The van der Waals surface area contributed by atoms with E-state index in [1.54, 1.807) is 18.3 Å². The number of aromatic nitrogens is 1. The smallest absolute Gasteiger partial charge is 0.271 e. The van der Waals surface area contributed by atoms with Gasteiger partial charge in [-0.05, 0) is 37.1 Å². The molecule has 0 atom stereocenters. The maximum Gasteiger partial charge on any atom is 0.271 e. The summed E-state index contributed by atoms with van der Waals surface area (Å²) in [5, 5.41) is 0. The number of sulfonamides is 1. The first-order valence-corrected chi connectivity index (χ1v) is 10.1. The minimum atomic E-state index is -3.62. The summed E-state index contributed by atoms with van der Waals surface area (Å²) < 4.78 is 27.6. The van der Waals surface area contributed by atoms with Gasteiger partial charge >= 0.3 is 0 Å². The topological polar surface area (TPSA) is 62.3 Å². The molecule has 8 heteroatoms. The van der Waals surface area contributed by atoms with E-state index in [-0.39, 0.29) is 4.21 Å². The van der Waals surface area contributed by atoms with E-state index in [0.29, 0.717) is 10.0 Å². The third-order valence-corrected chi connectivity index (χ3v) is 6.23. The van der Waals surface area contributed by atoms with Crippen LogP contribution in [-0.2, 0) is 10.0 Å². The largest absolute Gasteiger partial charge is 0.357 e. The van der Waals surface area contributed by atoms with Crippen molar-refractivity contribution in [3.63, 3.8) is 0 Å². The highest BCUT2D eigenvalue weighted by Crippen LogP contribution is 2.27. The Labute approximate surface area is 146 Å². The molecule has 0 saturated heterocycles. The molecule has 2 aromatic heterocycles. The van der Waals surface area contributed by atoms with Crippen LogP contribution < -0.4 is 9.62 Å². The Bertz CT molecular complexity index is 723. The van der Waals surface area contributed by atoms with Crippen molar-refractivity contribution in [3.8, 4) is 0 Å². The lowest BCUT2D eigenvalue weighted by Crippen LogP contribution is -2.25. The first-order chi connectivity index (χ1) is 11.0. The average molecular weight is 374 g/mol. The normalized spacial score (nSPS) is 11.4. The summed E-state index contributed by atoms with van der Waals surface area (Å²) in [7, 11) is -3.62. The van der Waals surface area contributed by atoms with Gasteiger partial charge in [0.25, 0.3) is 10.0 Å². The molecule has 2 heterocycles. The van der Waals surface area contributed by atoms with Crippen LogP contribution in [0, 0.1) is 0 Å². The van der Waals surface area contributed by atoms with Crippen LogP contribution in [-0.4, -0.2) is 26.5 Å². The highest BCUT2D eigenvalue weighted by Gasteiger charge is 2.17. The van der Waals surface area contributed by atoms with Crippen LogP contribution >= 0.6 is 22.9 Å². The molecule has 126 valence electrons. The minimum Gasteiger partial charge on any atom is -0.357 e. The molecule has 0 unspecified atom stereocenters. The molecule has 0 spiro atoms. The zero-order valence-corrected chi connectivity index (χ0v) is 15.5. The van der Waals surface area contributed by atoms with Crippen molar-refractivity contribution in [1.29, 1.82) is 0 Å². The standard InChI is InChI=1S/C15H20ClN3O2S2/c1-3-9-19(10-4-2)14-7-5-12(11-17-14)18-23(20,21)15-8-6-13(16)22-15/h5-8,11,18H,3-4,9-10H2,1-2H3. The monoisotopic (exact) mass is 373 g/mol. The SMILES string of the molecule is CCCN(CCC)c1ccc(NS(=O)(=O)c2ccc(Cl)s2)cn1. The highest BCUT2D eigenvalue weighted by molar-refractivity contribution is 7.94. The van der Waals surface area contributed by atoms with Crippen molar-refractivity contribution in [2.75, 3.05) is 22.7 Å². The molecule has 0 radical (unpaired) electrons. The van der Waals surface area contributed by atoms with Crippen molar-refractivity contribution in [2.24, 2.45) is 0 Å². The van der Waals surface area contributed by atoms with Crippen LogP contribution in [0.4, 0.5) is 11.5 Å². The molecule has 0 aromatic carbocycles. The molecule has 1 N–H and O–H groups in total. The summed E-state index contributed by atoms with van der Waals surface area (Å²) in [5.41, 5.74) is 0.436. The van der Waals surface area contributed by atoms with E-state index in [1.807, 2.05) is 6.07 Å². The van der Waals surface area contributed by atoms with Gasteiger partial charge in [-0.1, -0.05) is 25.4 Å². The van der Waals surface area contributed by atoms with Gasteiger partial charge in [-0.15, -0.1) is 11.3 Å². The molecule has 2 aromatic rings. The lowest BCUT2D eigenvalue weighted by atomic mass is 10.3. The number of thiophene rings is 1. The third-order valence-electron chi connectivity index (χ3n) is 3.12. The molecule has 2 rings (SSSR count). The molecule has 0 saturated carbocycles. The Morgan fingerprint density at radius 1 is 1.17 bits per heavy atom. The zero-order chi connectivity index (χ0) is 16.9. The van der Waals surface area contributed by atoms with Gasteiger partial charge < -0.3 is 4.90 Å². The van der Waals surface area contributed by atoms with E-state index >= 15 is 0 Å². The molecule has 23 heavy (non-hydrogen) atoms. The van der Waals surface area contributed by atoms with Gasteiger partial charge in [0.05, 0.1) is 16.2 Å². The molecule has 5 nitrogen and oxygen atoms in total. The van der Waals surface area contributed by atoms with E-state index in [4.69, 9.17) is 11.6 Å². The molecule has 0 fully saturated rings. The van der Waals surface area contributed by atoms with Crippen molar-refractivity contribution in [1.82, 2.24) is 4.98 Å². The maximum absolute atomic E-state index is 12.2. The van der Waals surface area contributed by atoms with Crippen molar-refractivity contribution in [2.45, 2.75) is 30.9 Å². The predicted octanol–water partition coefficient (Wildman–Crippen LogP) is 4.22. The fourth-order valence-electron chi connectivity index (χ4n) is 2.16. The predicted molar refractivity (Wildman–Crippen MR) is 97.2 cm³/mol. The van der Waals surface area contributed by atoms with Crippen LogP contribution in [0.15, 0.2) is 34.7 Å². The Hall–Kier alpha value is -1.31. The van der Waals surface area contributed by atoms with Crippen molar-refractivity contribution < 1.29 is 8.42 Å². The summed E-state index contributed by atoms with van der Waals surface area (Å²) in [5.74, 6) is 0.857. The minimum absolute atomic E-state index is 0.185. The van der Waals surface area contributed by atoms with Gasteiger partial charge in [0.15, 0.2) is 0 Å². The summed E-state index contributed by atoms with van der Waals surface area (Å²) >= 11 is 6.81. The van der Waals surface area contributed by atoms with E-state index in [0.717, 1.165) is 43.1 Å². The molecule has 0 aliphatic heterocycles. The fraction of sp³-hybridized carbons (Fsp3) is 0.400. The Kier molecular flexibility index (Phi) is 6.26. The number of anilines is 2. The summed E-state index contributed by atoms with van der Waals surface area (Å²) in [6.45, 7) is 6.11. The Morgan fingerprint density at radius 2 is 1.87 bits per heavy atom. The first-order valence-electron chi connectivity index (χ1n) is 7.45. The van der Waals surface area contributed by atoms with Crippen molar-refractivity contribution in [3.05, 3.63) is 34.8 Å². The second-order valence-electron chi connectivity index (χ2n) is 5.06. The van der Waals surface area contributed by atoms with Gasteiger partial charge in [0.2, 0.25) is 0 Å². The van der Waals surface area contributed by atoms with Crippen LogP contribution in [0.5, 0.6) is 0 Å². The van der Waals surface area contributed by atoms with Crippen LogP contribution in [0.1, 0.15) is 26.7 Å². The maximum atomic E-state index is 12.2. The van der Waals surface area contributed by atoms with Gasteiger partial charge in [0, 0.05) is 13.1 Å². The van der Waals surface area contributed by atoms with Crippen LogP contribution in [0.2, 0.25) is 4.34 Å². The number of pyridine rings is 1. The summed E-state index contributed by atoms with van der Waals surface area (Å²) in [4.78, 5) is 6.57. The fourth-order valence-corrected chi connectivity index (χ4v) is 4.69. The van der Waals surface area contributed by atoms with E-state index in [9.17, 15) is 8.42 Å². The van der Waals surface area contributed by atoms with Gasteiger partial charge in [-0.3, -0.25) is 4.72 Å². The third kappa shape index (κ3) is 4.83. The van der Waals surface area contributed by atoms with Crippen molar-refractivity contribution >= 4 is 44.5 Å². The lowest BCUT2D eigenvalue weighted by molar-refractivity contribution is 0.603. The second-order valence-corrected chi connectivity index (χ2v) is 8.68. The number of hydrogen-bond acceptors (Lipinski definition) is 5. The van der Waals surface area contributed by atoms with Crippen LogP contribution in [0.25, 0.3) is 0 Å². The molecule has 0 aliphatic carbocycles. The number of halogens is 1. The second kappa shape index (κ2) is 7.99. The molecule has 0 bridgehead atoms. The van der Waals surface area contributed by atoms with Crippen LogP contribution in [0.3, 0.4) is 0 Å². The van der Waals surface area contributed by atoms with E-state index < -0.39 is 10.0 Å². The van der Waals surface area contributed by atoms with E-state index in [2.05, 4.69) is 28.5 Å². The van der Waals surface area contributed by atoms with E-state index in [1.165, 1.54) is 6.07 Å². The number of rotatable bonds is 8. The Balaban J connectivity index is 2.13. The number of nitrogens with one attached hydrogen (secondary N) is 1. The number of hydrogen-bond donors (Lipinski definition) is 1. The molecular weight excluding hydrogens is 354 g/mol. The number of nitrogens with zero attached hydrogens (tertiary/aromatic N) is 2. The average Bonchev–Trinajstić information content (AvgIpc) is 2.95. The van der Waals surface area contributed by atoms with Gasteiger partial charge in [-0.25, -0.2) is 13.4 Å². The first kappa shape index (κ1) is 18.0. The Morgan fingerprint density at radius 3 is 2.35 bits per heavy atom. The van der Waals surface area contributed by atoms with Gasteiger partial charge in [-0.2, -0.15) is 0 Å². The molecule has 0 aliphatic rings. The summed E-state index contributed by atoms with van der Waals surface area (Å²) in [6, 6.07) is 6.62. The summed E-state index contributed by atoms with van der Waals surface area (Å²) in [6.07, 6.45) is 3.62. The quantitative estimate of drug-likeness (QED) is 0.752. The zero-order valence-electron chi connectivity index (χ0n) is 13.1.